The van der Waals surface area contributed by atoms with E-state index < -0.39 is 14.1 Å². The van der Waals surface area contributed by atoms with Gasteiger partial charge in [0.15, 0.2) is 8.03 Å². The van der Waals surface area contributed by atoms with Gasteiger partial charge in [-0.2, -0.15) is 0 Å². The molecule has 0 aliphatic heterocycles. The van der Waals surface area contributed by atoms with Crippen LogP contribution >= 0.6 is 8.03 Å². The fraction of sp³-hybridized carbons (Fsp3) is 1.00. The highest BCUT2D eigenvalue weighted by molar-refractivity contribution is 7.38. The zero-order chi connectivity index (χ0) is 7.28. The van der Waals surface area contributed by atoms with Crippen LogP contribution < -0.4 is 0 Å². The molecule has 0 aromatic heterocycles. The van der Waals surface area contributed by atoms with Crippen LogP contribution in [0.3, 0.4) is 0 Å². The maximum Gasteiger partial charge on any atom is 0.191 e. The van der Waals surface area contributed by atoms with Gasteiger partial charge in [-0.3, -0.25) is 4.57 Å². The van der Waals surface area contributed by atoms with Crippen molar-refractivity contribution in [3.63, 3.8) is 0 Å². The van der Waals surface area contributed by atoms with E-state index in [9.17, 15) is 4.57 Å². The molecule has 0 amide bonds. The van der Waals surface area contributed by atoms with Crippen LogP contribution in [0.5, 0.6) is 0 Å². The Morgan fingerprint density at radius 1 is 1.67 bits per heavy atom. The van der Waals surface area contributed by atoms with Crippen molar-refractivity contribution in [3.05, 3.63) is 0 Å². The van der Waals surface area contributed by atoms with Crippen molar-refractivity contribution in [1.29, 1.82) is 0 Å². The summed E-state index contributed by atoms with van der Waals surface area (Å²) >= 11 is 0. The van der Waals surface area contributed by atoms with Crippen molar-refractivity contribution >= 4 is 8.03 Å². The molecule has 0 rings (SSSR count). The van der Waals surface area contributed by atoms with Crippen molar-refractivity contribution in [1.82, 2.24) is 0 Å². The van der Waals surface area contributed by atoms with Gasteiger partial charge < -0.3 is 10.00 Å². The summed E-state index contributed by atoms with van der Waals surface area (Å²) < 4.78 is 10.1. The van der Waals surface area contributed by atoms with Gasteiger partial charge >= 0.3 is 0 Å². The second-order valence-corrected chi connectivity index (χ2v) is 3.24. The first kappa shape index (κ1) is 9.15. The first-order chi connectivity index (χ1) is 4.16. The van der Waals surface area contributed by atoms with Crippen LogP contribution in [0.4, 0.5) is 0 Å². The van der Waals surface area contributed by atoms with Crippen LogP contribution in [0.15, 0.2) is 0 Å². The molecule has 0 saturated carbocycles. The molecule has 4 heteroatoms. The van der Waals surface area contributed by atoms with Crippen molar-refractivity contribution in [2.24, 2.45) is 0 Å². The number of rotatable bonds is 4. The van der Waals surface area contributed by atoms with Gasteiger partial charge in [-0.05, 0) is 6.42 Å². The molecule has 0 heterocycles. The molecule has 2 unspecified atom stereocenters. The molecule has 9 heavy (non-hydrogen) atoms. The van der Waals surface area contributed by atoms with Crippen molar-refractivity contribution < 1.29 is 14.6 Å². The second-order valence-electron chi connectivity index (χ2n) is 2.04. The lowest BCUT2D eigenvalue weighted by atomic mass is 10.2. The minimum atomic E-state index is -2.46. The van der Waals surface area contributed by atoms with E-state index in [4.69, 9.17) is 10.00 Å². The van der Waals surface area contributed by atoms with Crippen molar-refractivity contribution in [3.8, 4) is 0 Å². The van der Waals surface area contributed by atoms with Gasteiger partial charge in [0.2, 0.25) is 0 Å². The molecule has 0 aliphatic carbocycles. The van der Waals surface area contributed by atoms with Crippen molar-refractivity contribution in [2.45, 2.75) is 25.9 Å². The van der Waals surface area contributed by atoms with E-state index >= 15 is 0 Å². The van der Waals surface area contributed by atoms with E-state index in [1.54, 1.807) is 0 Å². The summed E-state index contributed by atoms with van der Waals surface area (Å²) in [6.07, 6.45) is 0.956. The summed E-state index contributed by atoms with van der Waals surface area (Å²) in [5.74, 6) is 0. The Kier molecular flexibility index (Phi) is 5.06. The molecule has 0 saturated heterocycles. The average Bonchev–Trinajstić information content (AvgIpc) is 1.63. The monoisotopic (exact) mass is 152 g/mol. The predicted molar refractivity (Wildman–Crippen MR) is 37.0 cm³/mol. The number of hydrogen-bond donors (Lipinski definition) is 2. The zero-order valence-corrected chi connectivity index (χ0v) is 6.50. The SMILES string of the molecule is CCCC(O)C[PH](=O)O. The lowest BCUT2D eigenvalue weighted by molar-refractivity contribution is 0.184. The molecule has 0 spiro atoms. The third kappa shape index (κ3) is 6.03. The third-order valence-corrected chi connectivity index (χ3v) is 1.85. The normalized spacial score (nSPS) is 17.2. The van der Waals surface area contributed by atoms with Crippen molar-refractivity contribution in [2.75, 3.05) is 6.16 Å². The van der Waals surface area contributed by atoms with E-state index in [0.717, 1.165) is 6.42 Å². The molecule has 0 aliphatic rings. The van der Waals surface area contributed by atoms with Crippen LogP contribution in [-0.2, 0) is 4.57 Å². The zero-order valence-electron chi connectivity index (χ0n) is 5.50. The Hall–Kier alpha value is 0.150. The van der Waals surface area contributed by atoms with Gasteiger partial charge in [-0.1, -0.05) is 13.3 Å². The Morgan fingerprint density at radius 3 is 2.56 bits per heavy atom. The Bertz CT molecular complexity index is 94.2. The fourth-order valence-electron chi connectivity index (χ4n) is 0.637. The van der Waals surface area contributed by atoms with E-state index in [0.29, 0.717) is 6.42 Å². The van der Waals surface area contributed by atoms with Crippen LogP contribution in [0.25, 0.3) is 0 Å². The molecule has 0 bridgehead atoms. The maximum atomic E-state index is 10.1. The highest BCUT2D eigenvalue weighted by atomic mass is 31.1. The maximum absolute atomic E-state index is 10.1. The molecule has 56 valence electrons. The highest BCUT2D eigenvalue weighted by Crippen LogP contribution is 2.15. The van der Waals surface area contributed by atoms with Gasteiger partial charge in [-0.15, -0.1) is 0 Å². The molecule has 0 aromatic carbocycles. The smallest absolute Gasteiger partial charge is 0.191 e. The topological polar surface area (TPSA) is 57.5 Å². The first-order valence-electron chi connectivity index (χ1n) is 3.06. The number of hydrogen-bond acceptors (Lipinski definition) is 2. The number of aliphatic hydroxyl groups is 1. The van der Waals surface area contributed by atoms with Gasteiger partial charge in [0.05, 0.1) is 6.10 Å². The van der Waals surface area contributed by atoms with E-state index in [1.807, 2.05) is 6.92 Å². The van der Waals surface area contributed by atoms with Gasteiger partial charge in [0.1, 0.15) is 0 Å². The third-order valence-electron chi connectivity index (χ3n) is 1.03. The summed E-state index contributed by atoms with van der Waals surface area (Å²) in [5.41, 5.74) is 0. The largest absolute Gasteiger partial charge is 0.393 e. The molecule has 3 nitrogen and oxygen atoms in total. The first-order valence-corrected chi connectivity index (χ1v) is 4.63. The molecular formula is C5H13O3P. The Balaban J connectivity index is 3.26. The number of aliphatic hydroxyl groups excluding tert-OH is 1. The average molecular weight is 152 g/mol. The van der Waals surface area contributed by atoms with Gasteiger partial charge in [-0.25, -0.2) is 0 Å². The summed E-state index contributed by atoms with van der Waals surface area (Å²) in [7, 11) is -2.46. The minimum Gasteiger partial charge on any atom is -0.393 e. The van der Waals surface area contributed by atoms with Crippen LogP contribution in [0.1, 0.15) is 19.8 Å². The van der Waals surface area contributed by atoms with Gasteiger partial charge in [0, 0.05) is 6.16 Å². The lowest BCUT2D eigenvalue weighted by Crippen LogP contribution is -2.08. The summed E-state index contributed by atoms with van der Waals surface area (Å²) in [5, 5.41) is 8.89. The second kappa shape index (κ2) is 4.98. The minimum absolute atomic E-state index is 0.0541. The molecular weight excluding hydrogens is 139 g/mol. The molecule has 0 aromatic rings. The molecule has 2 N–H and O–H groups in total. The fourth-order valence-corrected chi connectivity index (χ4v) is 1.24. The Morgan fingerprint density at radius 2 is 2.22 bits per heavy atom. The molecule has 0 fully saturated rings. The lowest BCUT2D eigenvalue weighted by Gasteiger charge is -2.04. The molecule has 0 radical (unpaired) electrons. The van der Waals surface area contributed by atoms with E-state index in [1.165, 1.54) is 0 Å². The van der Waals surface area contributed by atoms with E-state index in [-0.39, 0.29) is 6.16 Å². The quantitative estimate of drug-likeness (QED) is 0.580. The summed E-state index contributed by atoms with van der Waals surface area (Å²) in [6.45, 7) is 1.93. The van der Waals surface area contributed by atoms with Gasteiger partial charge in [0.25, 0.3) is 0 Å². The van der Waals surface area contributed by atoms with Crippen LogP contribution in [-0.4, -0.2) is 22.3 Å². The highest BCUT2D eigenvalue weighted by Gasteiger charge is 2.04. The Labute approximate surface area is 55.6 Å². The van der Waals surface area contributed by atoms with Crippen LogP contribution in [0.2, 0.25) is 0 Å². The van der Waals surface area contributed by atoms with E-state index in [2.05, 4.69) is 0 Å². The molecule has 2 atom stereocenters. The summed E-state index contributed by atoms with van der Waals surface area (Å²) in [4.78, 5) is 8.34. The predicted octanol–water partition coefficient (Wildman–Crippen LogP) is 0.614. The van der Waals surface area contributed by atoms with Crippen LogP contribution in [0, 0.1) is 0 Å². The standard InChI is InChI=1S/C5H13O3P/c1-2-3-5(6)4-9(7)8/h5-6,9H,2-4H2,1H3,(H,7,8). The summed E-state index contributed by atoms with van der Waals surface area (Å²) in [6, 6.07) is 0.